The van der Waals surface area contributed by atoms with Crippen LogP contribution in [0.25, 0.3) is 17.0 Å². The van der Waals surface area contributed by atoms with Gasteiger partial charge in [0.2, 0.25) is 0 Å². The van der Waals surface area contributed by atoms with Crippen LogP contribution in [0, 0.1) is 28.9 Å². The number of fused-ring (bicyclic) bond motifs is 1. The molecule has 2 atom stereocenters. The maximum Gasteiger partial charge on any atom is 0.270 e. The molecule has 1 N–H and O–H groups in total. The molecule has 2 saturated heterocycles. The van der Waals surface area contributed by atoms with E-state index in [-0.39, 0.29) is 16.7 Å². The number of hydrogen-bond donors (Lipinski definition) is 1. The molecule has 210 valence electrons. The van der Waals surface area contributed by atoms with Crippen LogP contribution in [-0.2, 0) is 0 Å². The number of benzene rings is 2. The molecule has 2 aliphatic heterocycles. The molecular weight excluding hydrogens is 492 g/mol. The second-order valence-electron chi connectivity index (χ2n) is 11.3. The lowest BCUT2D eigenvalue weighted by Gasteiger charge is -2.43. The second kappa shape index (κ2) is 12.9. The van der Waals surface area contributed by atoms with Crippen LogP contribution in [-0.4, -0.2) is 53.4 Å². The number of carbonyl (C=O) groups excluding carboxylic acids is 1. The molecule has 1 aromatic heterocycles. The van der Waals surface area contributed by atoms with Crippen LogP contribution in [0.1, 0.15) is 69.4 Å². The quantitative estimate of drug-likeness (QED) is 0.350. The summed E-state index contributed by atoms with van der Waals surface area (Å²) in [5, 5.41) is 0.252. The Balaban J connectivity index is 0.00000172. The van der Waals surface area contributed by atoms with Gasteiger partial charge in [0.15, 0.2) is 0 Å². The molecule has 4 nitrogen and oxygen atoms in total. The molecule has 0 saturated carbocycles. The van der Waals surface area contributed by atoms with E-state index >= 15 is 0 Å². The van der Waals surface area contributed by atoms with Gasteiger partial charge in [-0.05, 0) is 73.7 Å². The van der Waals surface area contributed by atoms with E-state index in [2.05, 4.69) is 66.2 Å². The Morgan fingerprint density at radius 1 is 1.08 bits per heavy atom. The molecular formula is C33H43F2N3O. The van der Waals surface area contributed by atoms with Crippen LogP contribution in [0.3, 0.4) is 0 Å². The summed E-state index contributed by atoms with van der Waals surface area (Å²) in [4.78, 5) is 20.3. The van der Waals surface area contributed by atoms with Crippen molar-refractivity contribution in [3.8, 4) is 0 Å². The molecule has 39 heavy (non-hydrogen) atoms. The van der Waals surface area contributed by atoms with E-state index < -0.39 is 11.6 Å². The molecule has 5 rings (SSSR count). The number of H-pyrrole nitrogens is 1. The largest absolute Gasteiger partial charge is 0.350 e. The molecule has 0 radical (unpaired) electrons. The van der Waals surface area contributed by atoms with E-state index in [0.717, 1.165) is 45.0 Å². The minimum Gasteiger partial charge on any atom is -0.350 e. The summed E-state index contributed by atoms with van der Waals surface area (Å²) in [6, 6.07) is 14.1. The SMILES string of the molecule is CC.CC1CN(CCC2CCN(C(=O)c3cc4c(F)cc(F)cc4[nH]3)CC2)CCC1(C)/C=C\c1ccccc1. The molecule has 2 aliphatic rings. The molecule has 6 heteroatoms. The monoisotopic (exact) mass is 535 g/mol. The van der Waals surface area contributed by atoms with E-state index in [9.17, 15) is 13.6 Å². The van der Waals surface area contributed by atoms with Crippen LogP contribution in [0.15, 0.2) is 54.6 Å². The van der Waals surface area contributed by atoms with Crippen molar-refractivity contribution in [2.45, 2.75) is 53.4 Å². The van der Waals surface area contributed by atoms with Gasteiger partial charge in [0.1, 0.15) is 17.3 Å². The molecule has 0 spiro atoms. The number of halogens is 2. The maximum atomic E-state index is 14.0. The molecule has 1 amide bonds. The molecule has 2 fully saturated rings. The first-order chi connectivity index (χ1) is 18.8. The fourth-order valence-electron chi connectivity index (χ4n) is 5.87. The number of nitrogens with one attached hydrogen (secondary N) is 1. The highest BCUT2D eigenvalue weighted by Gasteiger charge is 2.34. The molecule has 2 aromatic carbocycles. The number of likely N-dealkylation sites (tertiary alicyclic amines) is 2. The van der Waals surface area contributed by atoms with Gasteiger partial charge >= 0.3 is 0 Å². The van der Waals surface area contributed by atoms with Gasteiger partial charge in [-0.25, -0.2) is 8.78 Å². The van der Waals surface area contributed by atoms with Crippen molar-refractivity contribution in [1.82, 2.24) is 14.8 Å². The van der Waals surface area contributed by atoms with Crippen LogP contribution in [0.5, 0.6) is 0 Å². The van der Waals surface area contributed by atoms with Gasteiger partial charge in [0, 0.05) is 31.1 Å². The average Bonchev–Trinajstić information content (AvgIpc) is 3.39. The first kappa shape index (κ1) is 29.0. The van der Waals surface area contributed by atoms with Crippen molar-refractivity contribution in [2.75, 3.05) is 32.7 Å². The van der Waals surface area contributed by atoms with E-state index in [1.165, 1.54) is 24.1 Å². The van der Waals surface area contributed by atoms with Crippen LogP contribution in [0.2, 0.25) is 0 Å². The van der Waals surface area contributed by atoms with E-state index in [1.807, 2.05) is 18.7 Å². The van der Waals surface area contributed by atoms with Gasteiger partial charge in [-0.3, -0.25) is 4.79 Å². The van der Waals surface area contributed by atoms with Gasteiger partial charge in [0.05, 0.1) is 5.52 Å². The van der Waals surface area contributed by atoms with Crippen LogP contribution >= 0.6 is 0 Å². The summed E-state index contributed by atoms with van der Waals surface area (Å²) in [5.41, 5.74) is 2.12. The van der Waals surface area contributed by atoms with Gasteiger partial charge in [-0.1, -0.05) is 70.2 Å². The third-order valence-electron chi connectivity index (χ3n) is 8.72. The van der Waals surface area contributed by atoms with Crippen molar-refractivity contribution >= 4 is 22.9 Å². The van der Waals surface area contributed by atoms with Crippen molar-refractivity contribution in [1.29, 1.82) is 0 Å². The van der Waals surface area contributed by atoms with E-state index in [1.54, 1.807) is 0 Å². The average molecular weight is 536 g/mol. The van der Waals surface area contributed by atoms with Gasteiger partial charge in [0.25, 0.3) is 5.91 Å². The third-order valence-corrected chi connectivity index (χ3v) is 8.72. The van der Waals surface area contributed by atoms with Gasteiger partial charge in [-0.2, -0.15) is 0 Å². The fourth-order valence-corrected chi connectivity index (χ4v) is 5.87. The highest BCUT2D eigenvalue weighted by atomic mass is 19.1. The van der Waals surface area contributed by atoms with Crippen LogP contribution < -0.4 is 0 Å². The molecule has 0 aliphatic carbocycles. The normalized spacial score (nSPS) is 22.7. The number of aromatic nitrogens is 1. The third kappa shape index (κ3) is 6.96. The lowest BCUT2D eigenvalue weighted by atomic mass is 9.72. The number of allylic oxidation sites excluding steroid dienone is 1. The highest BCUT2D eigenvalue weighted by molar-refractivity contribution is 5.98. The van der Waals surface area contributed by atoms with Crippen molar-refractivity contribution in [3.05, 3.63) is 77.5 Å². The molecule has 3 heterocycles. The van der Waals surface area contributed by atoms with Gasteiger partial charge in [-0.15, -0.1) is 0 Å². The summed E-state index contributed by atoms with van der Waals surface area (Å²) in [5.74, 6) is -0.232. The number of piperidine rings is 2. The summed E-state index contributed by atoms with van der Waals surface area (Å²) in [6.07, 6.45) is 8.97. The maximum absolute atomic E-state index is 14.0. The number of aromatic amines is 1. The summed E-state index contributed by atoms with van der Waals surface area (Å²) >= 11 is 0. The van der Waals surface area contributed by atoms with Crippen molar-refractivity contribution in [2.24, 2.45) is 17.3 Å². The Labute approximate surface area is 232 Å². The lowest BCUT2D eigenvalue weighted by molar-refractivity contribution is 0.0645. The Kier molecular flexibility index (Phi) is 9.60. The Morgan fingerprint density at radius 3 is 2.49 bits per heavy atom. The van der Waals surface area contributed by atoms with Crippen molar-refractivity contribution in [3.63, 3.8) is 0 Å². The smallest absolute Gasteiger partial charge is 0.270 e. The minimum absolute atomic E-state index is 0.137. The summed E-state index contributed by atoms with van der Waals surface area (Å²) < 4.78 is 27.5. The van der Waals surface area contributed by atoms with Crippen molar-refractivity contribution < 1.29 is 13.6 Å². The van der Waals surface area contributed by atoms with Gasteiger partial charge < -0.3 is 14.8 Å². The predicted molar refractivity (Wildman–Crippen MR) is 157 cm³/mol. The zero-order valence-corrected chi connectivity index (χ0v) is 23.9. The minimum atomic E-state index is -0.650. The summed E-state index contributed by atoms with van der Waals surface area (Å²) in [6.45, 7) is 13.5. The first-order valence-electron chi connectivity index (χ1n) is 14.5. The fraction of sp³-hybridized carbons (Fsp3) is 0.485. The second-order valence-corrected chi connectivity index (χ2v) is 11.3. The zero-order chi connectivity index (χ0) is 28.0. The number of carbonyl (C=O) groups is 1. The van der Waals surface area contributed by atoms with E-state index in [4.69, 9.17) is 0 Å². The van der Waals surface area contributed by atoms with Crippen LogP contribution in [0.4, 0.5) is 8.78 Å². The first-order valence-corrected chi connectivity index (χ1v) is 14.5. The Bertz CT molecular complexity index is 1260. The zero-order valence-electron chi connectivity index (χ0n) is 23.9. The topological polar surface area (TPSA) is 39.3 Å². The number of nitrogens with zero attached hydrogens (tertiary/aromatic N) is 2. The molecule has 2 unspecified atom stereocenters. The number of rotatable bonds is 6. The predicted octanol–water partition coefficient (Wildman–Crippen LogP) is 7.78. The molecule has 3 aromatic rings. The standard InChI is InChI=1S/C31H37F2N3O.C2H6/c1-22-21-35(17-13-31(22,2)12-8-23-6-4-3-5-7-23)14-9-24-10-15-36(16-11-24)30(37)29-20-26-27(33)18-25(32)19-28(26)34-29;1-2/h3-8,12,18-20,22,24,34H,9-11,13-17,21H2,1-2H3;1-2H3/b12-8-;. The lowest BCUT2D eigenvalue weighted by Crippen LogP contribution is -2.45. The Morgan fingerprint density at radius 2 is 1.79 bits per heavy atom. The molecule has 0 bridgehead atoms. The summed E-state index contributed by atoms with van der Waals surface area (Å²) in [7, 11) is 0. The highest BCUT2D eigenvalue weighted by Crippen LogP contribution is 2.38. The number of amides is 1. The Hall–Kier alpha value is -2.99. The van der Waals surface area contributed by atoms with E-state index in [0.29, 0.717) is 36.1 Å². The number of hydrogen-bond acceptors (Lipinski definition) is 2.